The van der Waals surface area contributed by atoms with Crippen molar-refractivity contribution >= 4 is 45.4 Å². The van der Waals surface area contributed by atoms with Crippen LogP contribution >= 0.6 is 11.6 Å². The predicted octanol–water partition coefficient (Wildman–Crippen LogP) is 3.88. The molecule has 170 valence electrons. The number of ether oxygens (including phenoxy) is 1. The number of H-pyrrole nitrogens is 1. The highest BCUT2D eigenvalue weighted by Gasteiger charge is 2.34. The van der Waals surface area contributed by atoms with Crippen molar-refractivity contribution in [1.29, 1.82) is 0 Å². The Balaban J connectivity index is 1.48. The zero-order valence-electron chi connectivity index (χ0n) is 18.5. The molecule has 1 aliphatic carbocycles. The number of carbonyl (C=O) groups is 1. The third-order valence-corrected chi connectivity index (χ3v) is 6.71. The van der Waals surface area contributed by atoms with Crippen molar-refractivity contribution in [3.05, 3.63) is 86.5 Å². The maximum Gasteiger partial charge on any atom is 0.294 e. The number of benzene rings is 2. The molecule has 8 nitrogen and oxygen atoms in total. The monoisotopic (exact) mass is 473 g/mol. The number of allylic oxidation sites excluding steroid dienone is 4. The fourth-order valence-electron chi connectivity index (χ4n) is 4.77. The number of anilines is 1. The topological polar surface area (TPSA) is 92.6 Å². The molecule has 9 heteroatoms. The Labute approximate surface area is 199 Å². The van der Waals surface area contributed by atoms with Crippen LogP contribution in [0.2, 0.25) is 5.02 Å². The van der Waals surface area contributed by atoms with E-state index >= 15 is 0 Å². The minimum Gasteiger partial charge on any atom is -0.384 e. The number of aromatic nitrogens is 4. The molecule has 1 unspecified atom stereocenters. The van der Waals surface area contributed by atoms with Gasteiger partial charge in [0.25, 0.3) is 11.5 Å². The highest BCUT2D eigenvalue weighted by molar-refractivity contribution is 6.30. The van der Waals surface area contributed by atoms with Crippen molar-refractivity contribution in [1.82, 2.24) is 19.6 Å². The van der Waals surface area contributed by atoms with Gasteiger partial charge in [0.1, 0.15) is 0 Å². The summed E-state index contributed by atoms with van der Waals surface area (Å²) in [5.74, 6) is 0.488. The second-order valence-corrected chi connectivity index (χ2v) is 9.01. The maximum atomic E-state index is 13.7. The molecule has 2 aliphatic rings. The molecule has 1 aliphatic heterocycles. The van der Waals surface area contributed by atoms with Crippen LogP contribution in [0, 0.1) is 6.92 Å². The van der Waals surface area contributed by atoms with Crippen LogP contribution in [-0.4, -0.2) is 45.8 Å². The second-order valence-electron chi connectivity index (χ2n) is 8.57. The van der Waals surface area contributed by atoms with Gasteiger partial charge >= 0.3 is 0 Å². The van der Waals surface area contributed by atoms with E-state index < -0.39 is 0 Å². The van der Waals surface area contributed by atoms with Gasteiger partial charge in [0.15, 0.2) is 5.82 Å². The first-order valence-electron chi connectivity index (χ1n) is 10.9. The number of fused-ring (bicyclic) bond motifs is 4. The van der Waals surface area contributed by atoms with Crippen LogP contribution in [-0.2, 0) is 4.74 Å². The Morgan fingerprint density at radius 1 is 1.26 bits per heavy atom. The maximum absolute atomic E-state index is 13.7. The van der Waals surface area contributed by atoms with Gasteiger partial charge in [-0.15, -0.1) is 10.2 Å². The lowest BCUT2D eigenvalue weighted by Gasteiger charge is -2.20. The molecular weight excluding hydrogens is 454 g/mol. The summed E-state index contributed by atoms with van der Waals surface area (Å²) >= 11 is 6.23. The van der Waals surface area contributed by atoms with E-state index in [1.54, 1.807) is 28.5 Å². The van der Waals surface area contributed by atoms with Gasteiger partial charge in [-0.2, -0.15) is 0 Å². The molecule has 1 amide bonds. The molecule has 1 N–H and O–H groups in total. The minimum atomic E-state index is -0.362. The summed E-state index contributed by atoms with van der Waals surface area (Å²) in [6, 6.07) is 9.19. The van der Waals surface area contributed by atoms with E-state index in [1.165, 1.54) is 0 Å². The smallest absolute Gasteiger partial charge is 0.294 e. The number of nitrogens with zero attached hydrogens (tertiary/aromatic N) is 4. The normalized spacial score (nSPS) is 16.7. The molecule has 0 saturated carbocycles. The van der Waals surface area contributed by atoms with E-state index in [-0.39, 0.29) is 23.0 Å². The van der Waals surface area contributed by atoms with E-state index in [4.69, 9.17) is 16.3 Å². The summed E-state index contributed by atoms with van der Waals surface area (Å²) in [7, 11) is 1.65. The van der Waals surface area contributed by atoms with Crippen molar-refractivity contribution in [2.24, 2.45) is 0 Å². The van der Waals surface area contributed by atoms with Crippen molar-refractivity contribution < 1.29 is 9.53 Å². The predicted molar refractivity (Wildman–Crippen MR) is 131 cm³/mol. The second kappa shape index (κ2) is 7.65. The quantitative estimate of drug-likeness (QED) is 0.485. The average Bonchev–Trinajstić information content (AvgIpc) is 3.36. The number of carbonyl (C=O) groups excluding carboxylic acids is 1. The Bertz CT molecular complexity index is 1630. The summed E-state index contributed by atoms with van der Waals surface area (Å²) < 4.78 is 7.13. The Morgan fingerprint density at radius 2 is 2.09 bits per heavy atom. The lowest BCUT2D eigenvalue weighted by Crippen LogP contribution is -2.31. The van der Waals surface area contributed by atoms with Crippen molar-refractivity contribution in [3.63, 3.8) is 0 Å². The molecule has 2 aromatic carbocycles. The van der Waals surface area contributed by atoms with E-state index in [0.29, 0.717) is 35.1 Å². The van der Waals surface area contributed by atoms with Crippen molar-refractivity contribution in [2.45, 2.75) is 12.8 Å². The third kappa shape index (κ3) is 3.03. The average molecular weight is 474 g/mol. The van der Waals surface area contributed by atoms with Gasteiger partial charge in [0, 0.05) is 41.4 Å². The Hall–Kier alpha value is -3.75. The molecule has 0 fully saturated rings. The fraction of sp³-hybridized carbons (Fsp3) is 0.200. The van der Waals surface area contributed by atoms with E-state index in [0.717, 1.165) is 27.9 Å². The molecule has 0 radical (unpaired) electrons. The first-order chi connectivity index (χ1) is 16.5. The van der Waals surface area contributed by atoms with Gasteiger partial charge in [-0.25, -0.2) is 0 Å². The molecule has 0 saturated heterocycles. The molecule has 34 heavy (non-hydrogen) atoms. The molecule has 0 bridgehead atoms. The molecule has 6 rings (SSSR count). The minimum absolute atomic E-state index is 0.0335. The van der Waals surface area contributed by atoms with Gasteiger partial charge in [-0.05, 0) is 48.4 Å². The van der Waals surface area contributed by atoms with Gasteiger partial charge in [-0.1, -0.05) is 29.8 Å². The van der Waals surface area contributed by atoms with E-state index in [9.17, 15) is 9.59 Å². The highest BCUT2D eigenvalue weighted by atomic mass is 35.5. The van der Waals surface area contributed by atoms with Crippen LogP contribution in [0.5, 0.6) is 0 Å². The largest absolute Gasteiger partial charge is 0.384 e. The first-order valence-corrected chi connectivity index (χ1v) is 11.2. The lowest BCUT2D eigenvalue weighted by atomic mass is 10.0. The number of hydrogen-bond donors (Lipinski definition) is 1. The van der Waals surface area contributed by atoms with Crippen molar-refractivity contribution in [2.75, 3.05) is 25.2 Å². The zero-order valence-corrected chi connectivity index (χ0v) is 19.3. The number of nitrogens with one attached hydrogen (secondary N) is 1. The Morgan fingerprint density at radius 3 is 2.82 bits per heavy atom. The third-order valence-electron chi connectivity index (χ3n) is 6.47. The molecule has 3 heterocycles. The number of amides is 1. The number of hydrogen-bond acceptors (Lipinski definition) is 5. The van der Waals surface area contributed by atoms with Crippen LogP contribution in [0.3, 0.4) is 0 Å². The zero-order chi connectivity index (χ0) is 23.6. The number of rotatable bonds is 4. The van der Waals surface area contributed by atoms with E-state index in [1.807, 2.05) is 43.4 Å². The standard InChI is InChI=1S/C25H20ClN5O3/c1-13-8-21-19(27-24(32)23-29-28-22(31(21)23)14-4-3-5-14)10-17(13)25(33)30-11-15(12-34-2)18-9-16(26)6-7-20(18)30/h3-10,15H,11-12H2,1-2H3,(H,27,32). The van der Waals surface area contributed by atoms with Crippen LogP contribution in [0.25, 0.3) is 22.3 Å². The summed E-state index contributed by atoms with van der Waals surface area (Å²) in [5.41, 5.74) is 5.14. The van der Waals surface area contributed by atoms with Crippen LogP contribution in [0.1, 0.15) is 33.2 Å². The number of aromatic amines is 1. The summed E-state index contributed by atoms with van der Waals surface area (Å²) in [6.45, 7) is 2.87. The molecule has 4 aromatic rings. The number of methoxy groups -OCH3 is 1. The summed E-state index contributed by atoms with van der Waals surface area (Å²) in [4.78, 5) is 31.1. The molecule has 2 aromatic heterocycles. The number of halogens is 1. The van der Waals surface area contributed by atoms with Gasteiger partial charge < -0.3 is 14.6 Å². The number of aryl methyl sites for hydroxylation is 1. The summed E-state index contributed by atoms with van der Waals surface area (Å²) in [6.07, 6.45) is 5.75. The SMILES string of the molecule is COCC1CN(C(=O)c2cc3[nH]c(=O)c4nnc(C5=CC=C5)n4c3cc2C)c2ccc(Cl)cc21. The molecular formula is C25H20ClN5O3. The lowest BCUT2D eigenvalue weighted by molar-refractivity contribution is 0.0984. The van der Waals surface area contributed by atoms with E-state index in [2.05, 4.69) is 15.2 Å². The molecule has 0 spiro atoms. The first kappa shape index (κ1) is 20.8. The molecule has 1 atom stereocenters. The van der Waals surface area contributed by atoms with Crippen LogP contribution < -0.4 is 10.5 Å². The van der Waals surface area contributed by atoms with Crippen molar-refractivity contribution in [3.8, 4) is 0 Å². The van der Waals surface area contributed by atoms with Gasteiger partial charge in [0.05, 0.1) is 17.6 Å². The summed E-state index contributed by atoms with van der Waals surface area (Å²) in [5, 5.41) is 8.91. The highest BCUT2D eigenvalue weighted by Crippen LogP contribution is 2.39. The van der Waals surface area contributed by atoms with Gasteiger partial charge in [-0.3, -0.25) is 14.0 Å². The van der Waals surface area contributed by atoms with Crippen LogP contribution in [0.4, 0.5) is 5.69 Å². The van der Waals surface area contributed by atoms with Crippen LogP contribution in [0.15, 0.2) is 53.4 Å². The fourth-order valence-corrected chi connectivity index (χ4v) is 4.95. The Kier molecular flexibility index (Phi) is 4.68. The van der Waals surface area contributed by atoms with Gasteiger partial charge in [0.2, 0.25) is 5.65 Å².